The number of aromatic nitrogens is 2. The van der Waals surface area contributed by atoms with Gasteiger partial charge in [-0.3, -0.25) is 4.79 Å². The van der Waals surface area contributed by atoms with E-state index in [4.69, 9.17) is 0 Å². The van der Waals surface area contributed by atoms with E-state index in [9.17, 15) is 4.79 Å². The van der Waals surface area contributed by atoms with Gasteiger partial charge in [0, 0.05) is 26.2 Å². The zero-order valence-corrected chi connectivity index (χ0v) is 12.7. The van der Waals surface area contributed by atoms with Crippen molar-refractivity contribution in [2.24, 2.45) is 5.92 Å². The van der Waals surface area contributed by atoms with Gasteiger partial charge in [0.05, 0.1) is 12.4 Å². The summed E-state index contributed by atoms with van der Waals surface area (Å²) in [7, 11) is 0. The Bertz CT molecular complexity index is 442. The Labute approximate surface area is 121 Å². The van der Waals surface area contributed by atoms with Crippen LogP contribution in [0.15, 0.2) is 12.4 Å². The Kier molecular flexibility index (Phi) is 4.93. The molecule has 1 aliphatic heterocycles. The fraction of sp³-hybridized carbons (Fsp3) is 0.667. The van der Waals surface area contributed by atoms with Crippen LogP contribution in [0.4, 0.5) is 5.82 Å². The molecule has 0 N–H and O–H groups in total. The number of rotatable bonds is 4. The molecule has 1 aromatic rings. The van der Waals surface area contributed by atoms with Crippen LogP contribution in [0, 0.1) is 5.92 Å². The minimum atomic E-state index is 0.00940. The van der Waals surface area contributed by atoms with Gasteiger partial charge in [-0.1, -0.05) is 6.92 Å². The maximum absolute atomic E-state index is 12.4. The number of piperidine rings is 1. The summed E-state index contributed by atoms with van der Waals surface area (Å²) in [4.78, 5) is 25.1. The van der Waals surface area contributed by atoms with E-state index in [0.29, 0.717) is 11.6 Å². The molecule has 2 rings (SSSR count). The highest BCUT2D eigenvalue weighted by Crippen LogP contribution is 2.17. The van der Waals surface area contributed by atoms with E-state index in [1.807, 2.05) is 4.90 Å². The molecule has 5 nitrogen and oxygen atoms in total. The molecule has 0 spiro atoms. The number of hydrogen-bond donors (Lipinski definition) is 0. The molecule has 5 heteroatoms. The van der Waals surface area contributed by atoms with Crippen LogP contribution in [0.1, 0.15) is 44.1 Å². The monoisotopic (exact) mass is 276 g/mol. The second kappa shape index (κ2) is 6.68. The van der Waals surface area contributed by atoms with Crippen LogP contribution in [-0.2, 0) is 0 Å². The summed E-state index contributed by atoms with van der Waals surface area (Å²) < 4.78 is 0. The van der Waals surface area contributed by atoms with E-state index >= 15 is 0 Å². The largest absolute Gasteiger partial charge is 0.356 e. The lowest BCUT2D eigenvalue weighted by atomic mass is 10.0. The van der Waals surface area contributed by atoms with Crippen molar-refractivity contribution in [3.63, 3.8) is 0 Å². The van der Waals surface area contributed by atoms with E-state index in [-0.39, 0.29) is 5.91 Å². The van der Waals surface area contributed by atoms with Gasteiger partial charge < -0.3 is 9.80 Å². The van der Waals surface area contributed by atoms with E-state index < -0.39 is 0 Å². The lowest BCUT2D eigenvalue weighted by molar-refractivity contribution is 0.0676. The second-order valence-corrected chi connectivity index (χ2v) is 5.43. The van der Waals surface area contributed by atoms with Gasteiger partial charge in [0.25, 0.3) is 5.91 Å². The topological polar surface area (TPSA) is 49.3 Å². The van der Waals surface area contributed by atoms with E-state index in [1.54, 1.807) is 12.4 Å². The number of hydrogen-bond acceptors (Lipinski definition) is 4. The molecule has 110 valence electrons. The molecular weight excluding hydrogens is 252 g/mol. The highest BCUT2D eigenvalue weighted by atomic mass is 16.2. The van der Waals surface area contributed by atoms with Crippen molar-refractivity contribution < 1.29 is 4.79 Å². The van der Waals surface area contributed by atoms with Crippen molar-refractivity contribution in [2.75, 3.05) is 31.1 Å². The molecule has 2 heterocycles. The van der Waals surface area contributed by atoms with Crippen molar-refractivity contribution in [2.45, 2.75) is 33.6 Å². The number of amides is 1. The van der Waals surface area contributed by atoms with Crippen molar-refractivity contribution >= 4 is 11.7 Å². The molecule has 1 fully saturated rings. The number of carbonyl (C=O) groups is 1. The number of nitrogens with zero attached hydrogens (tertiary/aromatic N) is 4. The summed E-state index contributed by atoms with van der Waals surface area (Å²) in [6.07, 6.45) is 5.59. The maximum atomic E-state index is 12.4. The molecule has 20 heavy (non-hydrogen) atoms. The van der Waals surface area contributed by atoms with E-state index in [2.05, 4.69) is 35.6 Å². The van der Waals surface area contributed by atoms with Crippen LogP contribution in [0.2, 0.25) is 0 Å². The van der Waals surface area contributed by atoms with Gasteiger partial charge in [-0.2, -0.15) is 0 Å². The molecule has 1 amide bonds. The van der Waals surface area contributed by atoms with Gasteiger partial charge in [0.1, 0.15) is 11.5 Å². The standard InChI is InChI=1S/C15H24N4O/c1-4-18(5-2)14-10-16-13(9-17-14)15(20)19-8-6-7-12(3)11-19/h9-10,12H,4-8,11H2,1-3H3. The molecule has 1 saturated heterocycles. The number of likely N-dealkylation sites (tertiary alicyclic amines) is 1. The average Bonchev–Trinajstić information content (AvgIpc) is 2.48. The van der Waals surface area contributed by atoms with Crippen molar-refractivity contribution in [1.29, 1.82) is 0 Å². The summed E-state index contributed by atoms with van der Waals surface area (Å²) >= 11 is 0. The fourth-order valence-corrected chi connectivity index (χ4v) is 2.68. The molecule has 0 aromatic carbocycles. The highest BCUT2D eigenvalue weighted by Gasteiger charge is 2.23. The van der Waals surface area contributed by atoms with Gasteiger partial charge in [-0.05, 0) is 32.6 Å². The Hall–Kier alpha value is -1.65. The molecule has 1 atom stereocenters. The van der Waals surface area contributed by atoms with Gasteiger partial charge in [-0.15, -0.1) is 0 Å². The number of anilines is 1. The minimum absolute atomic E-state index is 0.00940. The minimum Gasteiger partial charge on any atom is -0.356 e. The summed E-state index contributed by atoms with van der Waals surface area (Å²) in [5, 5.41) is 0. The lowest BCUT2D eigenvalue weighted by Crippen LogP contribution is -2.39. The summed E-state index contributed by atoms with van der Waals surface area (Å²) in [5.41, 5.74) is 0.454. The van der Waals surface area contributed by atoms with Crippen LogP contribution >= 0.6 is 0 Å². The first-order valence-electron chi connectivity index (χ1n) is 7.52. The first-order valence-corrected chi connectivity index (χ1v) is 7.52. The van der Waals surface area contributed by atoms with Gasteiger partial charge in [0.15, 0.2) is 0 Å². The fourth-order valence-electron chi connectivity index (χ4n) is 2.68. The quantitative estimate of drug-likeness (QED) is 0.846. The Morgan fingerprint density at radius 2 is 2.10 bits per heavy atom. The average molecular weight is 276 g/mol. The molecule has 0 radical (unpaired) electrons. The second-order valence-electron chi connectivity index (χ2n) is 5.43. The smallest absolute Gasteiger partial charge is 0.274 e. The molecular formula is C15H24N4O. The molecule has 0 aliphatic carbocycles. The van der Waals surface area contributed by atoms with Crippen LogP contribution in [-0.4, -0.2) is 47.0 Å². The Morgan fingerprint density at radius 1 is 1.35 bits per heavy atom. The zero-order chi connectivity index (χ0) is 14.5. The molecule has 1 unspecified atom stereocenters. The molecule has 0 bridgehead atoms. The third kappa shape index (κ3) is 3.26. The third-order valence-electron chi connectivity index (χ3n) is 3.89. The lowest BCUT2D eigenvalue weighted by Gasteiger charge is -2.30. The van der Waals surface area contributed by atoms with Gasteiger partial charge >= 0.3 is 0 Å². The molecule has 1 aromatic heterocycles. The van der Waals surface area contributed by atoms with Crippen LogP contribution in [0.5, 0.6) is 0 Å². The first kappa shape index (κ1) is 14.8. The third-order valence-corrected chi connectivity index (χ3v) is 3.89. The SMILES string of the molecule is CCN(CC)c1cnc(C(=O)N2CCCC(C)C2)cn1. The Balaban J connectivity index is 2.07. The summed E-state index contributed by atoms with van der Waals surface area (Å²) in [5.74, 6) is 1.42. The van der Waals surface area contributed by atoms with Crippen molar-refractivity contribution in [1.82, 2.24) is 14.9 Å². The van der Waals surface area contributed by atoms with Crippen molar-refractivity contribution in [3.05, 3.63) is 18.1 Å². The van der Waals surface area contributed by atoms with Gasteiger partial charge in [-0.25, -0.2) is 9.97 Å². The van der Waals surface area contributed by atoms with Crippen molar-refractivity contribution in [3.8, 4) is 0 Å². The van der Waals surface area contributed by atoms with E-state index in [0.717, 1.165) is 38.4 Å². The maximum Gasteiger partial charge on any atom is 0.274 e. The van der Waals surface area contributed by atoms with E-state index in [1.165, 1.54) is 6.42 Å². The summed E-state index contributed by atoms with van der Waals surface area (Å²) in [6, 6.07) is 0. The highest BCUT2D eigenvalue weighted by molar-refractivity contribution is 5.92. The van der Waals surface area contributed by atoms with Gasteiger partial charge in [0.2, 0.25) is 0 Å². The van der Waals surface area contributed by atoms with Crippen LogP contribution in [0.3, 0.4) is 0 Å². The molecule has 0 saturated carbocycles. The predicted octanol–water partition coefficient (Wildman–Crippen LogP) is 2.19. The molecule has 1 aliphatic rings. The normalized spacial score (nSPS) is 18.9. The first-order chi connectivity index (χ1) is 9.65. The predicted molar refractivity (Wildman–Crippen MR) is 79.9 cm³/mol. The Morgan fingerprint density at radius 3 is 2.65 bits per heavy atom. The van der Waals surface area contributed by atoms with Crippen LogP contribution < -0.4 is 4.90 Å². The summed E-state index contributed by atoms with van der Waals surface area (Å²) in [6.45, 7) is 9.80. The number of carbonyl (C=O) groups excluding carboxylic acids is 1. The van der Waals surface area contributed by atoms with Crippen LogP contribution in [0.25, 0.3) is 0 Å². The zero-order valence-electron chi connectivity index (χ0n) is 12.7.